The molecule has 1 fully saturated rings. The number of methoxy groups -OCH3 is 1. The van der Waals surface area contributed by atoms with Crippen molar-refractivity contribution in [3.63, 3.8) is 0 Å². The van der Waals surface area contributed by atoms with Crippen molar-refractivity contribution in [3.05, 3.63) is 33.3 Å². The first-order chi connectivity index (χ1) is 8.56. The van der Waals surface area contributed by atoms with E-state index < -0.39 is 0 Å². The van der Waals surface area contributed by atoms with Gasteiger partial charge < -0.3 is 10.1 Å². The molecule has 2 rings (SSSR count). The minimum absolute atomic E-state index is 0.162. The lowest BCUT2D eigenvalue weighted by atomic mass is 9.80. The highest BCUT2D eigenvalue weighted by atomic mass is 79.9. The fraction of sp³-hybridized carbons (Fsp3) is 0.462. The molecule has 5 heteroatoms. The lowest BCUT2D eigenvalue weighted by Gasteiger charge is -2.40. The average molecular weight is 333 g/mol. The van der Waals surface area contributed by atoms with E-state index in [-0.39, 0.29) is 11.5 Å². The molecular weight excluding hydrogens is 318 g/mol. The van der Waals surface area contributed by atoms with Crippen molar-refractivity contribution in [1.82, 2.24) is 5.32 Å². The Bertz CT molecular complexity index is 455. The molecule has 1 aliphatic carbocycles. The van der Waals surface area contributed by atoms with Gasteiger partial charge in [-0.25, -0.2) is 0 Å². The third-order valence-electron chi connectivity index (χ3n) is 3.44. The van der Waals surface area contributed by atoms with Crippen LogP contribution in [0.1, 0.15) is 29.6 Å². The van der Waals surface area contributed by atoms with Crippen molar-refractivity contribution in [2.24, 2.45) is 0 Å². The Morgan fingerprint density at radius 2 is 2.28 bits per heavy atom. The molecule has 0 radical (unpaired) electrons. The molecule has 1 N–H and O–H groups in total. The summed E-state index contributed by atoms with van der Waals surface area (Å²) in [6.45, 7) is 0.533. The van der Waals surface area contributed by atoms with Crippen molar-refractivity contribution in [1.29, 1.82) is 0 Å². The van der Waals surface area contributed by atoms with Crippen molar-refractivity contribution in [2.45, 2.75) is 24.9 Å². The highest BCUT2D eigenvalue weighted by Crippen LogP contribution is 2.34. The maximum Gasteiger partial charge on any atom is 0.252 e. The molecule has 1 aromatic rings. The molecule has 0 aromatic heterocycles. The average Bonchev–Trinajstić information content (AvgIpc) is 2.31. The van der Waals surface area contributed by atoms with Gasteiger partial charge in [0.05, 0.1) is 16.2 Å². The Balaban J connectivity index is 2.01. The molecule has 1 aromatic carbocycles. The molecule has 0 unspecified atom stereocenters. The molecular formula is C13H15BrClNO2. The second kappa shape index (κ2) is 5.59. The zero-order valence-corrected chi connectivity index (χ0v) is 12.5. The number of carbonyl (C=O) groups excluding carboxylic acids is 1. The van der Waals surface area contributed by atoms with Crippen molar-refractivity contribution < 1.29 is 9.53 Å². The van der Waals surface area contributed by atoms with Gasteiger partial charge in [0.15, 0.2) is 0 Å². The maximum atomic E-state index is 12.0. The summed E-state index contributed by atoms with van der Waals surface area (Å²) in [5, 5.41) is 3.35. The fourth-order valence-corrected chi connectivity index (χ4v) is 2.60. The van der Waals surface area contributed by atoms with Crippen LogP contribution in [0.5, 0.6) is 0 Å². The van der Waals surface area contributed by atoms with E-state index in [4.69, 9.17) is 16.3 Å². The first-order valence-corrected chi connectivity index (χ1v) is 7.02. The third-order valence-corrected chi connectivity index (χ3v) is 4.26. The standard InChI is InChI=1S/C13H15BrClNO2/c1-18-13(5-2-6-13)8-16-12(17)10-7-9(14)3-4-11(10)15/h3-4,7H,2,5-6,8H2,1H3,(H,16,17). The fourth-order valence-electron chi connectivity index (χ4n) is 2.03. The minimum atomic E-state index is -0.172. The number of rotatable bonds is 4. The van der Waals surface area contributed by atoms with Gasteiger partial charge in [-0.1, -0.05) is 27.5 Å². The number of hydrogen-bond donors (Lipinski definition) is 1. The van der Waals surface area contributed by atoms with Crippen molar-refractivity contribution >= 4 is 33.4 Å². The van der Waals surface area contributed by atoms with Gasteiger partial charge in [-0.2, -0.15) is 0 Å². The first-order valence-electron chi connectivity index (χ1n) is 5.85. The van der Waals surface area contributed by atoms with E-state index in [0.717, 1.165) is 23.7 Å². The van der Waals surface area contributed by atoms with Crippen LogP contribution in [0, 0.1) is 0 Å². The Morgan fingerprint density at radius 1 is 1.56 bits per heavy atom. The molecule has 1 saturated carbocycles. The van der Waals surface area contributed by atoms with E-state index in [2.05, 4.69) is 21.2 Å². The topological polar surface area (TPSA) is 38.3 Å². The Labute approximate surface area is 120 Å². The van der Waals surface area contributed by atoms with Crippen LogP contribution in [0.25, 0.3) is 0 Å². The van der Waals surface area contributed by atoms with E-state index in [0.29, 0.717) is 17.1 Å². The lowest BCUT2D eigenvalue weighted by molar-refractivity contribution is -0.0679. The van der Waals surface area contributed by atoms with E-state index in [9.17, 15) is 4.79 Å². The van der Waals surface area contributed by atoms with E-state index >= 15 is 0 Å². The molecule has 3 nitrogen and oxygen atoms in total. The van der Waals surface area contributed by atoms with Crippen LogP contribution in [-0.4, -0.2) is 25.2 Å². The highest BCUT2D eigenvalue weighted by Gasteiger charge is 2.37. The van der Waals surface area contributed by atoms with E-state index in [1.807, 2.05) is 6.07 Å². The second-order valence-electron chi connectivity index (χ2n) is 4.55. The summed E-state index contributed by atoms with van der Waals surface area (Å²) in [4.78, 5) is 12.0. The number of benzene rings is 1. The predicted molar refractivity (Wildman–Crippen MR) is 75.1 cm³/mol. The monoisotopic (exact) mass is 331 g/mol. The molecule has 0 heterocycles. The van der Waals surface area contributed by atoms with Gasteiger partial charge in [-0.15, -0.1) is 0 Å². The minimum Gasteiger partial charge on any atom is -0.376 e. The van der Waals surface area contributed by atoms with Gasteiger partial charge in [0, 0.05) is 18.1 Å². The number of hydrogen-bond acceptors (Lipinski definition) is 2. The van der Waals surface area contributed by atoms with Crippen LogP contribution < -0.4 is 5.32 Å². The zero-order valence-electron chi connectivity index (χ0n) is 10.1. The van der Waals surface area contributed by atoms with Gasteiger partial charge in [0.2, 0.25) is 0 Å². The zero-order chi connectivity index (χ0) is 13.2. The Morgan fingerprint density at radius 3 is 2.83 bits per heavy atom. The molecule has 1 amide bonds. The van der Waals surface area contributed by atoms with Crippen LogP contribution in [0.4, 0.5) is 0 Å². The van der Waals surface area contributed by atoms with Crippen LogP contribution in [0.2, 0.25) is 5.02 Å². The largest absolute Gasteiger partial charge is 0.376 e. The highest BCUT2D eigenvalue weighted by molar-refractivity contribution is 9.10. The van der Waals surface area contributed by atoms with Crippen LogP contribution in [0.3, 0.4) is 0 Å². The maximum absolute atomic E-state index is 12.0. The summed E-state index contributed by atoms with van der Waals surface area (Å²) < 4.78 is 6.29. The Hall–Kier alpha value is -0.580. The lowest BCUT2D eigenvalue weighted by Crippen LogP contribution is -2.49. The van der Waals surface area contributed by atoms with Crippen LogP contribution in [0.15, 0.2) is 22.7 Å². The summed E-state index contributed by atoms with van der Waals surface area (Å²) in [6, 6.07) is 5.23. The molecule has 1 aliphatic rings. The molecule has 0 atom stereocenters. The molecule has 18 heavy (non-hydrogen) atoms. The molecule has 0 spiro atoms. The molecule has 0 bridgehead atoms. The number of carbonyl (C=O) groups is 1. The van der Waals surface area contributed by atoms with Crippen LogP contribution >= 0.6 is 27.5 Å². The summed E-state index contributed by atoms with van der Waals surface area (Å²) in [5.74, 6) is -0.162. The summed E-state index contributed by atoms with van der Waals surface area (Å²) in [6.07, 6.45) is 3.15. The number of amides is 1. The first kappa shape index (κ1) is 13.8. The molecule has 98 valence electrons. The van der Waals surface area contributed by atoms with Crippen molar-refractivity contribution in [3.8, 4) is 0 Å². The van der Waals surface area contributed by atoms with Gasteiger partial charge in [-0.3, -0.25) is 4.79 Å². The molecule has 0 saturated heterocycles. The smallest absolute Gasteiger partial charge is 0.252 e. The van der Waals surface area contributed by atoms with Crippen LogP contribution in [-0.2, 0) is 4.74 Å². The number of halogens is 2. The normalized spacial score (nSPS) is 17.1. The molecule has 0 aliphatic heterocycles. The van der Waals surface area contributed by atoms with E-state index in [1.54, 1.807) is 19.2 Å². The van der Waals surface area contributed by atoms with Gasteiger partial charge in [0.1, 0.15) is 0 Å². The summed E-state index contributed by atoms with van der Waals surface area (Å²) >= 11 is 9.34. The van der Waals surface area contributed by atoms with Gasteiger partial charge in [-0.05, 0) is 37.5 Å². The van der Waals surface area contributed by atoms with Gasteiger partial charge >= 0.3 is 0 Å². The predicted octanol–water partition coefficient (Wildman–Crippen LogP) is 3.40. The summed E-state index contributed by atoms with van der Waals surface area (Å²) in [5.41, 5.74) is 0.311. The number of nitrogens with one attached hydrogen (secondary N) is 1. The SMILES string of the molecule is COC1(CNC(=O)c2cc(Br)ccc2Cl)CCC1. The Kier molecular flexibility index (Phi) is 4.30. The third kappa shape index (κ3) is 2.87. The van der Waals surface area contributed by atoms with Crippen molar-refractivity contribution in [2.75, 3.05) is 13.7 Å². The van der Waals surface area contributed by atoms with Gasteiger partial charge in [0.25, 0.3) is 5.91 Å². The number of ether oxygens (including phenoxy) is 1. The second-order valence-corrected chi connectivity index (χ2v) is 5.87. The summed E-state index contributed by atoms with van der Waals surface area (Å²) in [7, 11) is 1.69. The quantitative estimate of drug-likeness (QED) is 0.917. The van der Waals surface area contributed by atoms with E-state index in [1.165, 1.54) is 0 Å².